The van der Waals surface area contributed by atoms with Gasteiger partial charge in [-0.2, -0.15) is 26.3 Å². The van der Waals surface area contributed by atoms with Crippen LogP contribution in [0.4, 0.5) is 26.3 Å². The van der Waals surface area contributed by atoms with Crippen molar-refractivity contribution in [2.75, 3.05) is 0 Å². The lowest BCUT2D eigenvalue weighted by molar-refractivity contribution is -0.377. The summed E-state index contributed by atoms with van der Waals surface area (Å²) in [5.74, 6) is -4.49. The van der Waals surface area contributed by atoms with E-state index in [-0.39, 0.29) is 5.75 Å². The highest BCUT2D eigenvalue weighted by molar-refractivity contribution is 5.90. The first-order chi connectivity index (χ1) is 12.0. The predicted octanol–water partition coefficient (Wildman–Crippen LogP) is 3.02. The van der Waals surface area contributed by atoms with Crippen molar-refractivity contribution >= 4 is 11.9 Å². The monoisotopic (exact) mass is 401 g/mol. The maximum Gasteiger partial charge on any atom is 0.437 e. The molecule has 0 aliphatic rings. The van der Waals surface area contributed by atoms with Gasteiger partial charge < -0.3 is 19.4 Å². The van der Waals surface area contributed by atoms with E-state index < -0.39 is 47.5 Å². The van der Waals surface area contributed by atoms with Crippen LogP contribution in [0.2, 0.25) is 0 Å². The summed E-state index contributed by atoms with van der Waals surface area (Å²) >= 11 is 0. The van der Waals surface area contributed by atoms with Crippen molar-refractivity contribution in [1.82, 2.24) is 0 Å². The number of rotatable bonds is 5. The van der Waals surface area contributed by atoms with Crippen LogP contribution in [0.15, 0.2) is 24.3 Å². The van der Waals surface area contributed by atoms with Gasteiger partial charge in [-0.3, -0.25) is 0 Å². The number of ether oxygens (including phenoxy) is 2. The van der Waals surface area contributed by atoms with Crippen molar-refractivity contribution in [1.29, 1.82) is 0 Å². The van der Waals surface area contributed by atoms with Crippen LogP contribution in [-0.4, -0.2) is 35.5 Å². The summed E-state index contributed by atoms with van der Waals surface area (Å²) in [7, 11) is 0. The third-order valence-corrected chi connectivity index (χ3v) is 3.09. The topological polar surface area (TPSA) is 75.7 Å². The highest BCUT2D eigenvalue weighted by Crippen LogP contribution is 2.48. The van der Waals surface area contributed by atoms with Crippen LogP contribution in [0, 0.1) is 0 Å². The zero-order valence-corrected chi connectivity index (χ0v) is 14.3. The van der Waals surface area contributed by atoms with E-state index in [1.165, 1.54) is 0 Å². The molecule has 5 nitrogen and oxygen atoms in total. The van der Waals surface area contributed by atoms with Crippen molar-refractivity contribution in [3.8, 4) is 5.75 Å². The van der Waals surface area contributed by atoms with Gasteiger partial charge in [0, 0.05) is 12.4 Å². The summed E-state index contributed by atoms with van der Waals surface area (Å²) in [4.78, 5) is 22.3. The third kappa shape index (κ3) is 5.51. The van der Waals surface area contributed by atoms with Crippen LogP contribution < -0.4 is 9.84 Å². The highest BCUT2D eigenvalue weighted by atomic mass is 19.4. The predicted molar refractivity (Wildman–Crippen MR) is 76.7 cm³/mol. The molecule has 152 valence electrons. The molecule has 0 radical (unpaired) electrons. The van der Waals surface area contributed by atoms with Crippen molar-refractivity contribution in [3.63, 3.8) is 0 Å². The average molecular weight is 401 g/mol. The summed E-state index contributed by atoms with van der Waals surface area (Å²) in [5.41, 5.74) is -6.54. The lowest BCUT2D eigenvalue weighted by atomic mass is 9.97. The number of carbonyl (C=O) groups excluding carboxylic acids is 2. The van der Waals surface area contributed by atoms with Gasteiger partial charge in [-0.25, -0.2) is 4.79 Å². The van der Waals surface area contributed by atoms with Gasteiger partial charge in [0.25, 0.3) is 0 Å². The van der Waals surface area contributed by atoms with E-state index in [0.717, 1.165) is 24.3 Å². The zero-order chi connectivity index (χ0) is 21.3. The maximum absolute atomic E-state index is 13.0. The molecule has 0 amide bonds. The number of alkyl halides is 6. The fraction of sp³-hybridized carbons (Fsp3) is 0.500. The minimum Gasteiger partial charge on any atom is -0.550 e. The molecule has 27 heavy (non-hydrogen) atoms. The van der Waals surface area contributed by atoms with Crippen molar-refractivity contribution in [2.45, 2.75) is 50.7 Å². The Labute approximate surface area is 149 Å². The van der Waals surface area contributed by atoms with E-state index in [2.05, 4.69) is 4.74 Å². The van der Waals surface area contributed by atoms with Crippen molar-refractivity contribution in [2.24, 2.45) is 0 Å². The summed E-state index contributed by atoms with van der Waals surface area (Å²) in [5, 5.41) is 10.5. The number of aliphatic carboxylic acids is 1. The standard InChI is InChI=1S/C16H16F6O5/c1-13(2,3)26-10-6-4-9(5-7-10)12(25)27-14(8-11(23)24,15(17,18)19)16(20,21)22/h4-7H,8H2,1-3H3,(H,23,24)/p-1. The van der Waals surface area contributed by atoms with E-state index in [0.29, 0.717) is 0 Å². The smallest absolute Gasteiger partial charge is 0.437 e. The fourth-order valence-electron chi connectivity index (χ4n) is 1.95. The molecule has 0 aliphatic heterocycles. The van der Waals surface area contributed by atoms with Crippen LogP contribution in [0.25, 0.3) is 0 Å². The van der Waals surface area contributed by atoms with Gasteiger partial charge in [-0.15, -0.1) is 0 Å². The number of hydrogen-bond acceptors (Lipinski definition) is 5. The quantitative estimate of drug-likeness (QED) is 0.560. The van der Waals surface area contributed by atoms with E-state index in [1.54, 1.807) is 20.8 Å². The molecule has 0 saturated heterocycles. The van der Waals surface area contributed by atoms with Crippen LogP contribution in [0.5, 0.6) is 5.75 Å². The largest absolute Gasteiger partial charge is 0.550 e. The Kier molecular flexibility index (Phi) is 6.09. The number of hydrogen-bond donors (Lipinski definition) is 0. The lowest BCUT2D eigenvalue weighted by Crippen LogP contribution is -2.61. The molecule has 1 aromatic rings. The number of benzene rings is 1. The second kappa shape index (κ2) is 7.28. The molecule has 0 saturated carbocycles. The Balaban J connectivity index is 3.22. The molecular formula is C16H15F6O5-. The Morgan fingerprint density at radius 3 is 1.70 bits per heavy atom. The second-order valence-corrected chi connectivity index (χ2v) is 6.50. The first kappa shape index (κ1) is 22.6. The second-order valence-electron chi connectivity index (χ2n) is 6.50. The van der Waals surface area contributed by atoms with E-state index in [4.69, 9.17) is 4.74 Å². The van der Waals surface area contributed by atoms with Gasteiger partial charge in [0.1, 0.15) is 11.4 Å². The van der Waals surface area contributed by atoms with E-state index >= 15 is 0 Å². The zero-order valence-electron chi connectivity index (χ0n) is 14.3. The highest BCUT2D eigenvalue weighted by Gasteiger charge is 2.74. The van der Waals surface area contributed by atoms with Crippen molar-refractivity contribution in [3.05, 3.63) is 29.8 Å². The van der Waals surface area contributed by atoms with Gasteiger partial charge in [-0.05, 0) is 45.0 Å². The number of carbonyl (C=O) groups is 2. The number of halogens is 6. The van der Waals surface area contributed by atoms with Gasteiger partial charge in [-0.1, -0.05) is 0 Å². The first-order valence-electron chi connectivity index (χ1n) is 7.34. The summed E-state index contributed by atoms with van der Waals surface area (Å²) in [6.45, 7) is 5.07. The molecule has 0 aliphatic carbocycles. The summed E-state index contributed by atoms with van der Waals surface area (Å²) in [6, 6.07) is 4.06. The fourth-order valence-corrected chi connectivity index (χ4v) is 1.95. The molecule has 0 aromatic heterocycles. The molecule has 0 atom stereocenters. The summed E-state index contributed by atoms with van der Waals surface area (Å²) < 4.78 is 87.3. The van der Waals surface area contributed by atoms with Crippen LogP contribution in [0.1, 0.15) is 37.6 Å². The average Bonchev–Trinajstić information content (AvgIpc) is 2.42. The molecule has 0 N–H and O–H groups in total. The SMILES string of the molecule is CC(C)(C)Oc1ccc(C(=O)OC(CC(=O)[O-])(C(F)(F)F)C(F)(F)F)cc1. The third-order valence-electron chi connectivity index (χ3n) is 3.09. The maximum atomic E-state index is 13.0. The van der Waals surface area contributed by atoms with E-state index in [9.17, 15) is 41.0 Å². The molecule has 11 heteroatoms. The Morgan fingerprint density at radius 1 is 0.926 bits per heavy atom. The molecule has 0 heterocycles. The molecule has 1 rings (SSSR count). The Bertz CT molecular complexity index is 671. The Hall–Kier alpha value is -2.46. The Morgan fingerprint density at radius 2 is 1.37 bits per heavy atom. The van der Waals surface area contributed by atoms with Gasteiger partial charge in [0.05, 0.1) is 5.56 Å². The first-order valence-corrected chi connectivity index (χ1v) is 7.34. The molecule has 1 aromatic carbocycles. The minimum atomic E-state index is -6.24. The number of esters is 1. The van der Waals surface area contributed by atoms with Gasteiger partial charge in [0.2, 0.25) is 0 Å². The normalized spacial score (nSPS) is 13.2. The minimum absolute atomic E-state index is 0.201. The molecular weight excluding hydrogens is 386 g/mol. The van der Waals surface area contributed by atoms with Crippen LogP contribution >= 0.6 is 0 Å². The molecule has 0 unspecified atom stereocenters. The molecule has 0 spiro atoms. The molecule has 0 fully saturated rings. The van der Waals surface area contributed by atoms with Crippen LogP contribution in [0.3, 0.4) is 0 Å². The summed E-state index contributed by atoms with van der Waals surface area (Å²) in [6.07, 6.45) is -15.1. The van der Waals surface area contributed by atoms with Crippen molar-refractivity contribution < 1.29 is 50.5 Å². The van der Waals surface area contributed by atoms with E-state index in [1.807, 2.05) is 0 Å². The lowest BCUT2D eigenvalue weighted by Gasteiger charge is -2.36. The van der Waals surface area contributed by atoms with Crippen LogP contribution in [-0.2, 0) is 9.53 Å². The molecule has 0 bridgehead atoms. The number of carboxylic acids is 1. The number of carboxylic acid groups (broad SMARTS) is 1. The van der Waals surface area contributed by atoms with Gasteiger partial charge in [0.15, 0.2) is 0 Å². The van der Waals surface area contributed by atoms with Gasteiger partial charge >= 0.3 is 23.9 Å².